The number of carbonyl (C=O) groups is 1. The number of hydrogen-bond donors (Lipinski definition) is 2. The highest BCUT2D eigenvalue weighted by atomic mass is 16.6. The molecule has 7 heteroatoms. The van der Waals surface area contributed by atoms with E-state index in [4.69, 9.17) is 4.74 Å². The van der Waals surface area contributed by atoms with Gasteiger partial charge in [-0.05, 0) is 24.1 Å². The highest BCUT2D eigenvalue weighted by Gasteiger charge is 2.23. The number of nitrogens with zero attached hydrogens (tertiary/aromatic N) is 1. The van der Waals surface area contributed by atoms with Crippen LogP contribution in [-0.4, -0.2) is 31.1 Å². The Kier molecular flexibility index (Phi) is 6.62. The molecule has 2 aromatic rings. The summed E-state index contributed by atoms with van der Waals surface area (Å²) in [5, 5.41) is 17.0. The van der Waals surface area contributed by atoms with Crippen molar-refractivity contribution in [2.75, 3.05) is 25.6 Å². The summed E-state index contributed by atoms with van der Waals surface area (Å²) in [5.74, 6) is -0.366. The standard InChI is InChI=1S/C18H21N3O4/c1-13-8-9-15(16(12-13)21(23)24)20-18(22)17(19-10-11-25-2)14-6-4-3-5-7-14/h3-9,12,17,19H,10-11H2,1-2H3,(H,20,22)/t17-/m0/s1. The second kappa shape index (κ2) is 8.91. The van der Waals surface area contributed by atoms with Gasteiger partial charge in [0.25, 0.3) is 5.69 Å². The van der Waals surface area contributed by atoms with Crippen LogP contribution in [0.25, 0.3) is 0 Å². The molecule has 0 aromatic heterocycles. The van der Waals surface area contributed by atoms with Crippen molar-refractivity contribution < 1.29 is 14.5 Å². The summed E-state index contributed by atoms with van der Waals surface area (Å²) in [6.07, 6.45) is 0. The zero-order valence-electron chi connectivity index (χ0n) is 14.2. The fourth-order valence-electron chi connectivity index (χ4n) is 2.42. The van der Waals surface area contributed by atoms with Gasteiger partial charge in [0.15, 0.2) is 0 Å². The Morgan fingerprint density at radius 3 is 2.60 bits per heavy atom. The molecule has 0 aliphatic carbocycles. The summed E-state index contributed by atoms with van der Waals surface area (Å²) < 4.78 is 5.01. The zero-order valence-corrected chi connectivity index (χ0v) is 14.2. The van der Waals surface area contributed by atoms with Gasteiger partial charge in [0, 0.05) is 19.7 Å². The Bertz CT molecular complexity index is 734. The molecule has 132 valence electrons. The summed E-state index contributed by atoms with van der Waals surface area (Å²) in [4.78, 5) is 23.5. The summed E-state index contributed by atoms with van der Waals surface area (Å²) in [6, 6.07) is 13.2. The van der Waals surface area contributed by atoms with Gasteiger partial charge in [0.2, 0.25) is 5.91 Å². The summed E-state index contributed by atoms with van der Waals surface area (Å²) >= 11 is 0. The molecule has 7 nitrogen and oxygen atoms in total. The molecule has 1 amide bonds. The Balaban J connectivity index is 2.24. The number of nitrogens with one attached hydrogen (secondary N) is 2. The Labute approximate surface area is 146 Å². The molecular weight excluding hydrogens is 322 g/mol. The molecule has 0 radical (unpaired) electrons. The van der Waals surface area contributed by atoms with Crippen molar-refractivity contribution in [1.82, 2.24) is 5.32 Å². The lowest BCUT2D eigenvalue weighted by atomic mass is 10.1. The van der Waals surface area contributed by atoms with Crippen molar-refractivity contribution in [2.45, 2.75) is 13.0 Å². The molecule has 0 aliphatic heterocycles. The van der Waals surface area contributed by atoms with Crippen LogP contribution in [0, 0.1) is 17.0 Å². The largest absolute Gasteiger partial charge is 0.383 e. The molecule has 2 aromatic carbocycles. The molecule has 0 saturated heterocycles. The van der Waals surface area contributed by atoms with Crippen LogP contribution in [0.1, 0.15) is 17.2 Å². The van der Waals surface area contributed by atoms with Crippen LogP contribution < -0.4 is 10.6 Å². The molecule has 2 N–H and O–H groups in total. The van der Waals surface area contributed by atoms with Gasteiger partial charge in [-0.1, -0.05) is 36.4 Å². The predicted octanol–water partition coefficient (Wildman–Crippen LogP) is 2.82. The van der Waals surface area contributed by atoms with E-state index in [2.05, 4.69) is 10.6 Å². The van der Waals surface area contributed by atoms with Crippen molar-refractivity contribution in [3.8, 4) is 0 Å². The lowest BCUT2D eigenvalue weighted by Gasteiger charge is -2.19. The lowest BCUT2D eigenvalue weighted by Crippen LogP contribution is -2.35. The van der Waals surface area contributed by atoms with E-state index in [-0.39, 0.29) is 17.3 Å². The van der Waals surface area contributed by atoms with Crippen molar-refractivity contribution in [2.24, 2.45) is 0 Å². The molecule has 0 aliphatic rings. The minimum atomic E-state index is -0.641. The molecule has 25 heavy (non-hydrogen) atoms. The van der Waals surface area contributed by atoms with E-state index in [1.165, 1.54) is 6.07 Å². The minimum Gasteiger partial charge on any atom is -0.383 e. The van der Waals surface area contributed by atoms with Crippen LogP contribution in [0.15, 0.2) is 48.5 Å². The number of hydrogen-bond acceptors (Lipinski definition) is 5. The number of methoxy groups -OCH3 is 1. The number of amides is 1. The first-order valence-corrected chi connectivity index (χ1v) is 7.86. The first-order valence-electron chi connectivity index (χ1n) is 7.86. The molecule has 1 atom stereocenters. The van der Waals surface area contributed by atoms with Gasteiger partial charge < -0.3 is 10.1 Å². The number of benzene rings is 2. The Morgan fingerprint density at radius 1 is 1.24 bits per heavy atom. The van der Waals surface area contributed by atoms with Crippen molar-refractivity contribution in [1.29, 1.82) is 0 Å². The highest BCUT2D eigenvalue weighted by Crippen LogP contribution is 2.26. The first-order chi connectivity index (χ1) is 12.0. The topological polar surface area (TPSA) is 93.5 Å². The quantitative estimate of drug-likeness (QED) is 0.437. The van der Waals surface area contributed by atoms with E-state index < -0.39 is 11.0 Å². The number of rotatable bonds is 8. The van der Waals surface area contributed by atoms with Crippen LogP contribution in [0.4, 0.5) is 11.4 Å². The number of carbonyl (C=O) groups excluding carboxylic acids is 1. The summed E-state index contributed by atoms with van der Waals surface area (Å²) in [5.41, 5.74) is 1.57. The third kappa shape index (κ3) is 5.10. The van der Waals surface area contributed by atoms with Gasteiger partial charge in [0.1, 0.15) is 11.7 Å². The van der Waals surface area contributed by atoms with Crippen LogP contribution in [-0.2, 0) is 9.53 Å². The smallest absolute Gasteiger partial charge is 0.293 e. The van der Waals surface area contributed by atoms with Gasteiger partial charge in [0.05, 0.1) is 11.5 Å². The Morgan fingerprint density at radius 2 is 1.96 bits per heavy atom. The van der Waals surface area contributed by atoms with E-state index in [0.717, 1.165) is 11.1 Å². The highest BCUT2D eigenvalue weighted by molar-refractivity contribution is 5.97. The van der Waals surface area contributed by atoms with Crippen LogP contribution >= 0.6 is 0 Å². The molecule has 2 rings (SSSR count). The second-order valence-corrected chi connectivity index (χ2v) is 5.56. The SMILES string of the molecule is COCCN[C@H](C(=O)Nc1ccc(C)cc1[N+](=O)[O-])c1ccccc1. The fourth-order valence-corrected chi connectivity index (χ4v) is 2.42. The molecule has 0 heterocycles. The average molecular weight is 343 g/mol. The van der Waals surface area contributed by atoms with Gasteiger partial charge in [-0.2, -0.15) is 0 Å². The number of ether oxygens (including phenoxy) is 1. The molecule has 0 unspecified atom stereocenters. The van der Waals surface area contributed by atoms with Crippen LogP contribution in [0.5, 0.6) is 0 Å². The molecule has 0 fully saturated rings. The van der Waals surface area contributed by atoms with E-state index in [9.17, 15) is 14.9 Å². The van der Waals surface area contributed by atoms with E-state index in [0.29, 0.717) is 13.2 Å². The van der Waals surface area contributed by atoms with Crippen molar-refractivity contribution in [3.05, 3.63) is 69.8 Å². The number of nitro benzene ring substituents is 1. The van der Waals surface area contributed by atoms with Crippen molar-refractivity contribution >= 4 is 17.3 Å². The minimum absolute atomic E-state index is 0.128. The molecule has 0 spiro atoms. The Hall–Kier alpha value is -2.77. The lowest BCUT2D eigenvalue weighted by molar-refractivity contribution is -0.384. The third-order valence-electron chi connectivity index (χ3n) is 3.66. The van der Waals surface area contributed by atoms with E-state index >= 15 is 0 Å². The normalized spacial score (nSPS) is 11.8. The van der Waals surface area contributed by atoms with Gasteiger partial charge in [-0.15, -0.1) is 0 Å². The maximum Gasteiger partial charge on any atom is 0.293 e. The number of nitro groups is 1. The molecule has 0 saturated carbocycles. The van der Waals surface area contributed by atoms with E-state index in [1.54, 1.807) is 26.2 Å². The average Bonchev–Trinajstić information content (AvgIpc) is 2.60. The second-order valence-electron chi connectivity index (χ2n) is 5.56. The molecule has 0 bridgehead atoms. The van der Waals surface area contributed by atoms with E-state index in [1.807, 2.05) is 30.3 Å². The van der Waals surface area contributed by atoms with Crippen LogP contribution in [0.2, 0.25) is 0 Å². The third-order valence-corrected chi connectivity index (χ3v) is 3.66. The van der Waals surface area contributed by atoms with Gasteiger partial charge in [-0.3, -0.25) is 20.2 Å². The summed E-state index contributed by atoms with van der Waals surface area (Å²) in [7, 11) is 1.58. The predicted molar refractivity (Wildman–Crippen MR) is 95.5 cm³/mol. The fraction of sp³-hybridized carbons (Fsp3) is 0.278. The number of anilines is 1. The maximum absolute atomic E-state index is 12.7. The van der Waals surface area contributed by atoms with Crippen molar-refractivity contribution in [3.63, 3.8) is 0 Å². The van der Waals surface area contributed by atoms with Crippen LogP contribution in [0.3, 0.4) is 0 Å². The number of aryl methyl sites for hydroxylation is 1. The van der Waals surface area contributed by atoms with Gasteiger partial charge >= 0.3 is 0 Å². The van der Waals surface area contributed by atoms with Gasteiger partial charge in [-0.25, -0.2) is 0 Å². The maximum atomic E-state index is 12.7. The molecular formula is C18H21N3O4. The monoisotopic (exact) mass is 343 g/mol. The summed E-state index contributed by atoms with van der Waals surface area (Å²) in [6.45, 7) is 2.68. The first kappa shape index (κ1) is 18.6. The zero-order chi connectivity index (χ0) is 18.2.